The van der Waals surface area contributed by atoms with E-state index in [4.69, 9.17) is 9.47 Å². The molecule has 2 aliphatic heterocycles. The summed E-state index contributed by atoms with van der Waals surface area (Å²) in [4.78, 5) is 0. The molecule has 0 bridgehead atoms. The predicted molar refractivity (Wildman–Crippen MR) is 63.2 cm³/mol. The molecule has 2 N–H and O–H groups in total. The quantitative estimate of drug-likeness (QED) is 0.694. The fourth-order valence-electron chi connectivity index (χ4n) is 2.27. The molecule has 0 aliphatic carbocycles. The fourth-order valence-corrected chi connectivity index (χ4v) is 2.27. The summed E-state index contributed by atoms with van der Waals surface area (Å²) >= 11 is 0. The highest BCUT2D eigenvalue weighted by Crippen LogP contribution is 2.11. The fraction of sp³-hybridized carbons (Fsp3) is 1.00. The van der Waals surface area contributed by atoms with Crippen molar-refractivity contribution in [1.29, 1.82) is 0 Å². The number of hydrogen-bond donors (Lipinski definition) is 2. The van der Waals surface area contributed by atoms with Crippen LogP contribution in [0.15, 0.2) is 0 Å². The molecule has 0 saturated carbocycles. The highest BCUT2D eigenvalue weighted by atomic mass is 16.5. The van der Waals surface area contributed by atoms with Gasteiger partial charge in [-0.2, -0.15) is 0 Å². The van der Waals surface area contributed by atoms with Gasteiger partial charge < -0.3 is 9.47 Å². The van der Waals surface area contributed by atoms with E-state index in [1.54, 1.807) is 0 Å². The Labute approximate surface area is 98.1 Å². The van der Waals surface area contributed by atoms with Crippen molar-refractivity contribution >= 4 is 0 Å². The van der Waals surface area contributed by atoms with Gasteiger partial charge in [-0.05, 0) is 51.6 Å². The third-order valence-electron chi connectivity index (χ3n) is 3.21. The molecule has 16 heavy (non-hydrogen) atoms. The molecular formula is C12H24N2O2. The third kappa shape index (κ3) is 4.37. The van der Waals surface area contributed by atoms with Gasteiger partial charge in [0.1, 0.15) is 12.5 Å². The van der Waals surface area contributed by atoms with Gasteiger partial charge in [0.15, 0.2) is 0 Å². The van der Waals surface area contributed by atoms with E-state index in [0.29, 0.717) is 12.5 Å². The summed E-state index contributed by atoms with van der Waals surface area (Å²) in [5.41, 5.74) is 0. The van der Waals surface area contributed by atoms with Crippen molar-refractivity contribution < 1.29 is 9.47 Å². The van der Waals surface area contributed by atoms with E-state index in [9.17, 15) is 0 Å². The van der Waals surface area contributed by atoms with Gasteiger partial charge in [-0.1, -0.05) is 0 Å². The van der Waals surface area contributed by atoms with E-state index < -0.39 is 0 Å². The number of nitrogens with one attached hydrogen (secondary N) is 2. The third-order valence-corrected chi connectivity index (χ3v) is 3.21. The van der Waals surface area contributed by atoms with Gasteiger partial charge in [-0.3, -0.25) is 10.6 Å². The SMILES string of the molecule is C1CNC(CCCCC2NCCCO2)OC1. The first kappa shape index (κ1) is 12.3. The predicted octanol–water partition coefficient (Wildman–Crippen LogP) is 1.22. The molecule has 0 aromatic carbocycles. The van der Waals surface area contributed by atoms with Crippen molar-refractivity contribution in [2.24, 2.45) is 0 Å². The van der Waals surface area contributed by atoms with Crippen LogP contribution in [0.4, 0.5) is 0 Å². The lowest BCUT2D eigenvalue weighted by molar-refractivity contribution is -0.0137. The lowest BCUT2D eigenvalue weighted by Gasteiger charge is -2.25. The zero-order valence-electron chi connectivity index (χ0n) is 10.0. The molecule has 2 fully saturated rings. The largest absolute Gasteiger partial charge is 0.363 e. The summed E-state index contributed by atoms with van der Waals surface area (Å²) in [7, 11) is 0. The van der Waals surface area contributed by atoms with Crippen LogP contribution in [0.1, 0.15) is 38.5 Å². The molecule has 4 heteroatoms. The second-order valence-electron chi connectivity index (χ2n) is 4.62. The average Bonchev–Trinajstić information content (AvgIpc) is 2.37. The standard InChI is InChI=1S/C12H24N2O2/c1(5-11-13-7-3-9-15-11)2-6-12-14-8-4-10-16-12/h11-14H,1-10H2. The van der Waals surface area contributed by atoms with Gasteiger partial charge in [0.2, 0.25) is 0 Å². The first-order valence-corrected chi connectivity index (χ1v) is 6.65. The lowest BCUT2D eigenvalue weighted by atomic mass is 10.1. The molecule has 2 atom stereocenters. The molecule has 2 saturated heterocycles. The highest BCUT2D eigenvalue weighted by molar-refractivity contribution is 4.64. The van der Waals surface area contributed by atoms with Crippen LogP contribution in [0.25, 0.3) is 0 Å². The summed E-state index contributed by atoms with van der Waals surface area (Å²) in [6.45, 7) is 4.06. The molecular weight excluding hydrogens is 204 g/mol. The van der Waals surface area contributed by atoms with E-state index in [1.165, 1.54) is 12.8 Å². The van der Waals surface area contributed by atoms with Crippen LogP contribution in [-0.2, 0) is 9.47 Å². The van der Waals surface area contributed by atoms with Gasteiger partial charge >= 0.3 is 0 Å². The molecule has 94 valence electrons. The zero-order valence-corrected chi connectivity index (χ0v) is 10.0. The van der Waals surface area contributed by atoms with E-state index in [0.717, 1.165) is 52.0 Å². The van der Waals surface area contributed by atoms with Crippen LogP contribution in [-0.4, -0.2) is 38.8 Å². The van der Waals surface area contributed by atoms with Gasteiger partial charge in [0.05, 0.1) is 0 Å². The van der Waals surface area contributed by atoms with Gasteiger partial charge in [-0.25, -0.2) is 0 Å². The Morgan fingerprint density at radius 2 is 1.31 bits per heavy atom. The number of hydrogen-bond acceptors (Lipinski definition) is 4. The summed E-state index contributed by atoms with van der Waals surface area (Å²) in [5.74, 6) is 0. The minimum absolute atomic E-state index is 0.300. The Bertz CT molecular complexity index is 158. The molecule has 0 radical (unpaired) electrons. The van der Waals surface area contributed by atoms with Crippen LogP contribution < -0.4 is 10.6 Å². The Morgan fingerprint density at radius 1 is 0.812 bits per heavy atom. The van der Waals surface area contributed by atoms with Crippen LogP contribution in [0, 0.1) is 0 Å². The normalized spacial score (nSPS) is 31.5. The summed E-state index contributed by atoms with van der Waals surface area (Å²) < 4.78 is 11.2. The molecule has 0 aromatic rings. The second kappa shape index (κ2) is 7.22. The molecule has 0 amide bonds. The molecule has 4 nitrogen and oxygen atoms in total. The van der Waals surface area contributed by atoms with Crippen LogP contribution in [0.3, 0.4) is 0 Å². The molecule has 2 aliphatic rings. The van der Waals surface area contributed by atoms with Gasteiger partial charge in [-0.15, -0.1) is 0 Å². The van der Waals surface area contributed by atoms with Crippen molar-refractivity contribution in [3.63, 3.8) is 0 Å². The number of rotatable bonds is 5. The van der Waals surface area contributed by atoms with Crippen molar-refractivity contribution in [3.05, 3.63) is 0 Å². The highest BCUT2D eigenvalue weighted by Gasteiger charge is 2.14. The zero-order chi connectivity index (χ0) is 11.1. The van der Waals surface area contributed by atoms with Crippen LogP contribution in [0.5, 0.6) is 0 Å². The second-order valence-corrected chi connectivity index (χ2v) is 4.62. The van der Waals surface area contributed by atoms with Crippen LogP contribution >= 0.6 is 0 Å². The van der Waals surface area contributed by atoms with Crippen molar-refractivity contribution in [2.45, 2.75) is 51.0 Å². The Hall–Kier alpha value is -0.160. The van der Waals surface area contributed by atoms with Gasteiger partial charge in [0.25, 0.3) is 0 Å². The topological polar surface area (TPSA) is 42.5 Å². The minimum atomic E-state index is 0.300. The maximum Gasteiger partial charge on any atom is 0.108 e. The minimum Gasteiger partial charge on any atom is -0.363 e. The van der Waals surface area contributed by atoms with E-state index >= 15 is 0 Å². The number of unbranched alkanes of at least 4 members (excludes halogenated alkanes) is 1. The Morgan fingerprint density at radius 3 is 1.69 bits per heavy atom. The van der Waals surface area contributed by atoms with Gasteiger partial charge in [0, 0.05) is 13.2 Å². The maximum absolute atomic E-state index is 5.61. The Kier molecular flexibility index (Phi) is 5.55. The first-order valence-electron chi connectivity index (χ1n) is 6.65. The lowest BCUT2D eigenvalue weighted by Crippen LogP contribution is -2.39. The van der Waals surface area contributed by atoms with E-state index in [2.05, 4.69) is 10.6 Å². The first-order chi connectivity index (χ1) is 7.95. The van der Waals surface area contributed by atoms with E-state index in [-0.39, 0.29) is 0 Å². The molecule has 2 unspecified atom stereocenters. The van der Waals surface area contributed by atoms with Crippen molar-refractivity contribution in [2.75, 3.05) is 26.3 Å². The Balaban J connectivity index is 1.47. The maximum atomic E-state index is 5.61. The van der Waals surface area contributed by atoms with Crippen molar-refractivity contribution in [3.8, 4) is 0 Å². The molecule has 2 rings (SSSR count). The summed E-state index contributed by atoms with van der Waals surface area (Å²) in [6.07, 6.45) is 7.60. The number of ether oxygens (including phenoxy) is 2. The molecule has 0 spiro atoms. The summed E-state index contributed by atoms with van der Waals surface area (Å²) in [6, 6.07) is 0. The summed E-state index contributed by atoms with van der Waals surface area (Å²) in [5, 5.41) is 6.78. The average molecular weight is 228 g/mol. The van der Waals surface area contributed by atoms with Crippen LogP contribution in [0.2, 0.25) is 0 Å². The monoisotopic (exact) mass is 228 g/mol. The van der Waals surface area contributed by atoms with E-state index in [1.807, 2.05) is 0 Å². The smallest absolute Gasteiger partial charge is 0.108 e. The molecule has 0 aromatic heterocycles. The van der Waals surface area contributed by atoms with Crippen molar-refractivity contribution in [1.82, 2.24) is 10.6 Å². The molecule has 2 heterocycles.